The van der Waals surface area contributed by atoms with Crippen LogP contribution in [0.1, 0.15) is 18.5 Å². The summed E-state index contributed by atoms with van der Waals surface area (Å²) in [7, 11) is 1.26. The van der Waals surface area contributed by atoms with Crippen LogP contribution in [0, 0.1) is 11.6 Å². The molecule has 3 rings (SSSR count). The fourth-order valence-corrected chi connectivity index (χ4v) is 2.94. The van der Waals surface area contributed by atoms with Gasteiger partial charge in [0.05, 0.1) is 12.7 Å². The van der Waals surface area contributed by atoms with Crippen molar-refractivity contribution in [2.45, 2.75) is 19.1 Å². The molecular formula is C20H17F5N2O. The highest BCUT2D eigenvalue weighted by molar-refractivity contribution is 5.80. The van der Waals surface area contributed by atoms with Crippen molar-refractivity contribution >= 4 is 10.9 Å². The Kier molecular flexibility index (Phi) is 5.51. The van der Waals surface area contributed by atoms with Gasteiger partial charge in [-0.25, -0.2) is 13.8 Å². The minimum Gasteiger partial charge on any atom is -0.455 e. The molecule has 8 heteroatoms. The van der Waals surface area contributed by atoms with Crippen LogP contribution < -0.4 is 4.74 Å². The minimum atomic E-state index is -4.42. The number of halogens is 5. The number of aromatic nitrogens is 1. The van der Waals surface area contributed by atoms with Crippen LogP contribution >= 0.6 is 0 Å². The van der Waals surface area contributed by atoms with E-state index in [4.69, 9.17) is 4.74 Å². The second kappa shape index (κ2) is 7.71. The lowest BCUT2D eigenvalue weighted by atomic mass is 10.1. The molecule has 2 aromatic carbocycles. The Morgan fingerprint density at radius 3 is 2.46 bits per heavy atom. The predicted octanol–water partition coefficient (Wildman–Crippen LogP) is 5.86. The first-order valence-corrected chi connectivity index (χ1v) is 8.43. The fourth-order valence-electron chi connectivity index (χ4n) is 2.94. The number of rotatable bonds is 5. The molecule has 0 saturated carbocycles. The first kappa shape index (κ1) is 20.0. The molecule has 1 atom stereocenters. The van der Waals surface area contributed by atoms with Crippen LogP contribution in [0.25, 0.3) is 10.9 Å². The maximum Gasteiger partial charge on any atom is 0.401 e. The van der Waals surface area contributed by atoms with Crippen molar-refractivity contribution in [3.05, 3.63) is 65.9 Å². The molecule has 0 aliphatic heterocycles. The standard InChI is InChI=1S/C20H17F5N2O/c1-12(27(2)11-20(23,24)25)18-15(21)6-4-8-17(18)28-14-9-13-5-3-7-16(22)19(13)26-10-14/h3-10,12H,11H2,1-2H3. The summed E-state index contributed by atoms with van der Waals surface area (Å²) in [6.45, 7) is 0.268. The van der Waals surface area contributed by atoms with Gasteiger partial charge in [0, 0.05) is 17.0 Å². The normalized spacial score (nSPS) is 13.1. The number of nitrogens with zero attached hydrogens (tertiary/aromatic N) is 2. The summed E-state index contributed by atoms with van der Waals surface area (Å²) in [5.41, 5.74) is 0.154. The Bertz CT molecular complexity index is 990. The number of hydrogen-bond donors (Lipinski definition) is 0. The topological polar surface area (TPSA) is 25.4 Å². The van der Waals surface area contributed by atoms with Gasteiger partial charge in [-0.2, -0.15) is 13.2 Å². The summed E-state index contributed by atoms with van der Waals surface area (Å²) in [5.74, 6) is -0.883. The lowest BCUT2D eigenvalue weighted by Gasteiger charge is -2.27. The zero-order chi connectivity index (χ0) is 20.5. The molecule has 1 unspecified atom stereocenters. The summed E-state index contributed by atoms with van der Waals surface area (Å²) in [4.78, 5) is 4.99. The van der Waals surface area contributed by atoms with Crippen LogP contribution in [0.5, 0.6) is 11.5 Å². The van der Waals surface area contributed by atoms with Gasteiger partial charge in [-0.05, 0) is 38.2 Å². The van der Waals surface area contributed by atoms with E-state index in [9.17, 15) is 22.0 Å². The molecule has 0 saturated heterocycles. The van der Waals surface area contributed by atoms with Crippen molar-refractivity contribution < 1.29 is 26.7 Å². The van der Waals surface area contributed by atoms with Gasteiger partial charge >= 0.3 is 6.18 Å². The van der Waals surface area contributed by atoms with Crippen molar-refractivity contribution in [3.8, 4) is 11.5 Å². The van der Waals surface area contributed by atoms with Gasteiger partial charge in [-0.15, -0.1) is 0 Å². The van der Waals surface area contributed by atoms with Crippen LogP contribution in [-0.4, -0.2) is 29.7 Å². The van der Waals surface area contributed by atoms with Gasteiger partial charge in [-0.3, -0.25) is 4.90 Å². The van der Waals surface area contributed by atoms with E-state index in [1.807, 2.05) is 0 Å². The first-order chi connectivity index (χ1) is 13.2. The largest absolute Gasteiger partial charge is 0.455 e. The lowest BCUT2D eigenvalue weighted by molar-refractivity contribution is -0.147. The highest BCUT2D eigenvalue weighted by atomic mass is 19.4. The van der Waals surface area contributed by atoms with Crippen LogP contribution in [0.2, 0.25) is 0 Å². The Labute approximate surface area is 158 Å². The minimum absolute atomic E-state index is 0.00594. The average Bonchev–Trinajstić information content (AvgIpc) is 2.60. The van der Waals surface area contributed by atoms with E-state index in [1.165, 1.54) is 50.5 Å². The molecule has 0 amide bonds. The van der Waals surface area contributed by atoms with Crippen molar-refractivity contribution in [1.29, 1.82) is 0 Å². The number of fused-ring (bicyclic) bond motifs is 1. The maximum absolute atomic E-state index is 14.4. The summed E-state index contributed by atoms with van der Waals surface area (Å²) in [6, 6.07) is 9.10. The highest BCUT2D eigenvalue weighted by Crippen LogP contribution is 2.35. The van der Waals surface area contributed by atoms with Crippen LogP contribution in [0.4, 0.5) is 22.0 Å². The van der Waals surface area contributed by atoms with Gasteiger partial charge < -0.3 is 4.74 Å². The SMILES string of the molecule is CC(c1c(F)cccc1Oc1cnc2c(F)cccc2c1)N(C)CC(F)(F)F. The molecule has 0 bridgehead atoms. The van der Waals surface area contributed by atoms with Crippen LogP contribution in [0.3, 0.4) is 0 Å². The third kappa shape index (κ3) is 4.39. The highest BCUT2D eigenvalue weighted by Gasteiger charge is 2.32. The third-order valence-corrected chi connectivity index (χ3v) is 4.38. The molecule has 0 aliphatic rings. The monoisotopic (exact) mass is 396 g/mol. The number of hydrogen-bond acceptors (Lipinski definition) is 3. The maximum atomic E-state index is 14.4. The van der Waals surface area contributed by atoms with Crippen molar-refractivity contribution in [1.82, 2.24) is 9.88 Å². The summed E-state index contributed by atoms with van der Waals surface area (Å²) < 4.78 is 72.0. The van der Waals surface area contributed by atoms with E-state index in [1.54, 1.807) is 6.07 Å². The molecule has 1 aromatic heterocycles. The molecule has 0 spiro atoms. The summed E-state index contributed by atoms with van der Waals surface area (Å²) in [6.07, 6.45) is -3.13. The molecule has 0 fully saturated rings. The third-order valence-electron chi connectivity index (χ3n) is 4.38. The van der Waals surface area contributed by atoms with Gasteiger partial charge in [0.1, 0.15) is 28.7 Å². The van der Waals surface area contributed by atoms with Crippen molar-refractivity contribution in [3.63, 3.8) is 0 Å². The van der Waals surface area contributed by atoms with E-state index in [-0.39, 0.29) is 22.6 Å². The molecule has 0 aliphatic carbocycles. The number of ether oxygens (including phenoxy) is 1. The van der Waals surface area contributed by atoms with E-state index >= 15 is 0 Å². The molecule has 0 N–H and O–H groups in total. The molecule has 3 aromatic rings. The van der Waals surface area contributed by atoms with Crippen LogP contribution in [0.15, 0.2) is 48.7 Å². The fraction of sp³-hybridized carbons (Fsp3) is 0.250. The second-order valence-corrected chi connectivity index (χ2v) is 6.44. The first-order valence-electron chi connectivity index (χ1n) is 8.43. The number of pyridine rings is 1. The molecule has 3 nitrogen and oxygen atoms in total. The molecule has 1 heterocycles. The summed E-state index contributed by atoms with van der Waals surface area (Å²) in [5, 5.41) is 0.484. The second-order valence-electron chi connectivity index (χ2n) is 6.44. The van der Waals surface area contributed by atoms with E-state index < -0.39 is 30.4 Å². The molecule has 0 radical (unpaired) electrons. The van der Waals surface area contributed by atoms with Crippen LogP contribution in [-0.2, 0) is 0 Å². The smallest absolute Gasteiger partial charge is 0.401 e. The van der Waals surface area contributed by atoms with E-state index in [0.717, 1.165) is 11.0 Å². The Morgan fingerprint density at radius 2 is 1.75 bits per heavy atom. The molecule has 28 heavy (non-hydrogen) atoms. The van der Waals surface area contributed by atoms with E-state index in [2.05, 4.69) is 4.98 Å². The number of alkyl halides is 3. The van der Waals surface area contributed by atoms with Gasteiger partial charge in [0.2, 0.25) is 0 Å². The van der Waals surface area contributed by atoms with Gasteiger partial charge in [0.25, 0.3) is 0 Å². The van der Waals surface area contributed by atoms with Crippen molar-refractivity contribution in [2.75, 3.05) is 13.6 Å². The van der Waals surface area contributed by atoms with Crippen molar-refractivity contribution in [2.24, 2.45) is 0 Å². The lowest BCUT2D eigenvalue weighted by Crippen LogP contribution is -2.33. The Hall–Kier alpha value is -2.74. The molecule has 148 valence electrons. The zero-order valence-corrected chi connectivity index (χ0v) is 15.1. The average molecular weight is 396 g/mol. The zero-order valence-electron chi connectivity index (χ0n) is 15.1. The quantitative estimate of drug-likeness (QED) is 0.505. The van der Waals surface area contributed by atoms with Gasteiger partial charge in [-0.1, -0.05) is 18.2 Å². The summed E-state index contributed by atoms with van der Waals surface area (Å²) >= 11 is 0. The molecular weight excluding hydrogens is 379 g/mol. The number of benzene rings is 2. The number of para-hydroxylation sites is 1. The Morgan fingerprint density at radius 1 is 1.07 bits per heavy atom. The Balaban J connectivity index is 1.94. The predicted molar refractivity (Wildman–Crippen MR) is 95.3 cm³/mol. The van der Waals surface area contributed by atoms with E-state index in [0.29, 0.717) is 5.39 Å². The van der Waals surface area contributed by atoms with Gasteiger partial charge in [0.15, 0.2) is 0 Å².